The number of fused-ring (bicyclic) bond motifs is 3. The Hall–Kier alpha value is -2.99. The third-order valence-electron chi connectivity index (χ3n) is 8.08. The first-order valence-corrected chi connectivity index (χ1v) is 12.7. The number of amides is 2. The number of likely N-dealkylation sites (N-methyl/N-ethyl adjacent to an activating group) is 1. The van der Waals surface area contributed by atoms with Gasteiger partial charge in [0.2, 0.25) is 0 Å². The Morgan fingerprint density at radius 3 is 2.34 bits per heavy atom. The Morgan fingerprint density at radius 1 is 1.00 bits per heavy atom. The molecule has 0 unspecified atom stereocenters. The number of carbonyl (C=O) groups excluding carboxylic acids is 1. The SMILES string of the molecule is CCN1C(=O)N2Cc3cc(OC)cc(OC)c3C(C)(C)C=C2C12CCN(Cc1ccccc1)CC2. The van der Waals surface area contributed by atoms with Crippen LogP contribution in [0.3, 0.4) is 0 Å². The maximum Gasteiger partial charge on any atom is 0.325 e. The fourth-order valence-electron chi connectivity index (χ4n) is 6.44. The van der Waals surface area contributed by atoms with Crippen LogP contribution in [0.1, 0.15) is 50.3 Å². The van der Waals surface area contributed by atoms with E-state index in [1.807, 2.05) is 11.0 Å². The standard InChI is InChI=1S/C29H37N3O3/c1-6-32-27(33)31-20-22-16-23(34-4)17-24(35-5)26(22)28(2,3)18-25(31)29(32)12-14-30(15-13-29)19-21-10-8-7-9-11-21/h7-11,16-18H,6,12-15,19-20H2,1-5H3. The summed E-state index contributed by atoms with van der Waals surface area (Å²) in [6, 6.07) is 14.8. The summed E-state index contributed by atoms with van der Waals surface area (Å²) in [7, 11) is 3.38. The molecule has 3 aliphatic heterocycles. The predicted octanol–water partition coefficient (Wildman–Crippen LogP) is 5.17. The van der Waals surface area contributed by atoms with Crippen LogP contribution in [0, 0.1) is 0 Å². The first-order chi connectivity index (χ1) is 16.8. The van der Waals surface area contributed by atoms with E-state index < -0.39 is 0 Å². The van der Waals surface area contributed by atoms with Crippen molar-refractivity contribution in [2.45, 2.75) is 57.7 Å². The van der Waals surface area contributed by atoms with Gasteiger partial charge in [0.1, 0.15) is 11.5 Å². The molecule has 0 radical (unpaired) electrons. The van der Waals surface area contributed by atoms with Crippen molar-refractivity contribution in [2.75, 3.05) is 33.9 Å². The topological polar surface area (TPSA) is 45.3 Å². The average Bonchev–Trinajstić information content (AvgIpc) is 2.97. The summed E-state index contributed by atoms with van der Waals surface area (Å²) in [5.41, 5.74) is 4.15. The van der Waals surface area contributed by atoms with Crippen molar-refractivity contribution < 1.29 is 14.3 Å². The molecule has 3 heterocycles. The maximum absolute atomic E-state index is 13.8. The first kappa shape index (κ1) is 23.7. The number of likely N-dealkylation sites (tertiary alicyclic amines) is 1. The van der Waals surface area contributed by atoms with E-state index in [0.29, 0.717) is 13.1 Å². The Morgan fingerprint density at radius 2 is 1.71 bits per heavy atom. The van der Waals surface area contributed by atoms with Crippen LogP contribution < -0.4 is 9.47 Å². The molecule has 6 heteroatoms. The zero-order valence-corrected chi connectivity index (χ0v) is 21.6. The third-order valence-corrected chi connectivity index (χ3v) is 8.08. The van der Waals surface area contributed by atoms with E-state index in [2.05, 4.69) is 73.0 Å². The van der Waals surface area contributed by atoms with Crippen LogP contribution in [0.4, 0.5) is 4.79 Å². The van der Waals surface area contributed by atoms with Crippen molar-refractivity contribution in [1.82, 2.24) is 14.7 Å². The molecule has 0 N–H and O–H groups in total. The van der Waals surface area contributed by atoms with Crippen molar-refractivity contribution in [2.24, 2.45) is 0 Å². The van der Waals surface area contributed by atoms with Crippen LogP contribution in [0.25, 0.3) is 0 Å². The van der Waals surface area contributed by atoms with Crippen LogP contribution in [0.2, 0.25) is 0 Å². The number of urea groups is 1. The molecule has 0 aliphatic carbocycles. The lowest BCUT2D eigenvalue weighted by molar-refractivity contribution is 0.0886. The second-order valence-corrected chi connectivity index (χ2v) is 10.5. The Bertz CT molecular complexity index is 1130. The lowest BCUT2D eigenvalue weighted by Crippen LogP contribution is -2.53. The highest BCUT2D eigenvalue weighted by Crippen LogP contribution is 2.50. The molecule has 0 atom stereocenters. The van der Waals surface area contributed by atoms with Gasteiger partial charge in [-0.2, -0.15) is 0 Å². The van der Waals surface area contributed by atoms with Crippen LogP contribution in [-0.4, -0.2) is 60.1 Å². The number of rotatable bonds is 5. The van der Waals surface area contributed by atoms with E-state index in [9.17, 15) is 4.79 Å². The molecule has 0 bridgehead atoms. The van der Waals surface area contributed by atoms with Crippen molar-refractivity contribution >= 4 is 6.03 Å². The van der Waals surface area contributed by atoms with Crippen molar-refractivity contribution in [1.29, 1.82) is 0 Å². The molecular weight excluding hydrogens is 438 g/mol. The number of nitrogens with zero attached hydrogens (tertiary/aromatic N) is 3. The summed E-state index contributed by atoms with van der Waals surface area (Å²) >= 11 is 0. The van der Waals surface area contributed by atoms with Gasteiger partial charge < -0.3 is 14.4 Å². The molecule has 2 aromatic carbocycles. The van der Waals surface area contributed by atoms with Gasteiger partial charge in [0.15, 0.2) is 0 Å². The highest BCUT2D eigenvalue weighted by molar-refractivity contribution is 5.83. The summed E-state index contributed by atoms with van der Waals surface area (Å²) in [5, 5.41) is 0. The Kier molecular flexibility index (Phi) is 6.04. The van der Waals surface area contributed by atoms with E-state index in [1.165, 1.54) is 5.56 Å². The minimum atomic E-state index is -0.296. The van der Waals surface area contributed by atoms with Gasteiger partial charge in [-0.25, -0.2) is 4.79 Å². The number of ether oxygens (including phenoxy) is 2. The number of allylic oxidation sites excluding steroid dienone is 1. The van der Waals surface area contributed by atoms with Gasteiger partial charge in [-0.1, -0.05) is 50.3 Å². The van der Waals surface area contributed by atoms with E-state index in [0.717, 1.165) is 60.8 Å². The zero-order valence-electron chi connectivity index (χ0n) is 21.6. The average molecular weight is 476 g/mol. The molecule has 5 rings (SSSR count). The minimum Gasteiger partial charge on any atom is -0.497 e. The van der Waals surface area contributed by atoms with Gasteiger partial charge in [-0.15, -0.1) is 0 Å². The van der Waals surface area contributed by atoms with Gasteiger partial charge in [0.25, 0.3) is 0 Å². The van der Waals surface area contributed by atoms with Gasteiger partial charge in [0.05, 0.1) is 26.3 Å². The maximum atomic E-state index is 13.8. The molecule has 2 fully saturated rings. The monoisotopic (exact) mass is 475 g/mol. The quantitative estimate of drug-likeness (QED) is 0.598. The molecule has 35 heavy (non-hydrogen) atoms. The normalized spacial score (nSPS) is 20.8. The smallest absolute Gasteiger partial charge is 0.325 e. The Balaban J connectivity index is 1.52. The van der Waals surface area contributed by atoms with Gasteiger partial charge in [-0.05, 0) is 37.0 Å². The molecule has 3 aliphatic rings. The van der Waals surface area contributed by atoms with E-state index >= 15 is 0 Å². The fraction of sp³-hybridized carbons (Fsp3) is 0.483. The highest BCUT2D eigenvalue weighted by Gasteiger charge is 2.55. The van der Waals surface area contributed by atoms with Crippen LogP contribution in [0.15, 0.2) is 54.2 Å². The number of carbonyl (C=O) groups is 1. The number of methoxy groups -OCH3 is 2. The van der Waals surface area contributed by atoms with Crippen LogP contribution in [0.5, 0.6) is 11.5 Å². The summed E-state index contributed by atoms with van der Waals surface area (Å²) in [5.74, 6) is 1.57. The molecule has 0 saturated carbocycles. The molecule has 2 aromatic rings. The largest absolute Gasteiger partial charge is 0.497 e. The van der Waals surface area contributed by atoms with Crippen LogP contribution in [-0.2, 0) is 18.5 Å². The van der Waals surface area contributed by atoms with Gasteiger partial charge in [0, 0.05) is 48.9 Å². The lowest BCUT2D eigenvalue weighted by Gasteiger charge is -2.44. The highest BCUT2D eigenvalue weighted by atomic mass is 16.5. The molecule has 1 spiro atoms. The van der Waals surface area contributed by atoms with E-state index in [4.69, 9.17) is 9.47 Å². The lowest BCUT2D eigenvalue weighted by atomic mass is 9.77. The molecule has 6 nitrogen and oxygen atoms in total. The van der Waals surface area contributed by atoms with E-state index in [-0.39, 0.29) is 17.0 Å². The second-order valence-electron chi connectivity index (χ2n) is 10.5. The summed E-state index contributed by atoms with van der Waals surface area (Å²) in [6.45, 7) is 10.7. The fourth-order valence-corrected chi connectivity index (χ4v) is 6.44. The molecule has 2 saturated heterocycles. The molecule has 186 valence electrons. The van der Waals surface area contributed by atoms with E-state index in [1.54, 1.807) is 14.2 Å². The number of benzene rings is 2. The summed E-state index contributed by atoms with van der Waals surface area (Å²) in [6.07, 6.45) is 4.22. The van der Waals surface area contributed by atoms with Gasteiger partial charge in [-0.3, -0.25) is 9.80 Å². The zero-order chi connectivity index (χ0) is 24.8. The summed E-state index contributed by atoms with van der Waals surface area (Å²) in [4.78, 5) is 20.5. The van der Waals surface area contributed by atoms with Gasteiger partial charge >= 0.3 is 6.03 Å². The molecule has 2 amide bonds. The molecular formula is C29H37N3O3. The number of piperidine rings is 1. The molecule has 0 aromatic heterocycles. The first-order valence-electron chi connectivity index (χ1n) is 12.7. The van der Waals surface area contributed by atoms with Crippen molar-refractivity contribution in [3.05, 3.63) is 70.9 Å². The second kappa shape index (κ2) is 8.90. The summed E-state index contributed by atoms with van der Waals surface area (Å²) < 4.78 is 11.4. The third kappa shape index (κ3) is 3.88. The predicted molar refractivity (Wildman–Crippen MR) is 138 cm³/mol. The number of hydrogen-bond acceptors (Lipinski definition) is 4. The number of hydrogen-bond donors (Lipinski definition) is 0. The van der Waals surface area contributed by atoms with Crippen molar-refractivity contribution in [3.8, 4) is 11.5 Å². The van der Waals surface area contributed by atoms with Crippen molar-refractivity contribution in [3.63, 3.8) is 0 Å². The van der Waals surface area contributed by atoms with Crippen LogP contribution >= 0.6 is 0 Å². The minimum absolute atomic E-state index is 0.112. The Labute approximate surface area is 209 Å².